The summed E-state index contributed by atoms with van der Waals surface area (Å²) >= 11 is 7.33. The number of aromatic nitrogens is 1. The van der Waals surface area contributed by atoms with Gasteiger partial charge in [-0.25, -0.2) is 13.4 Å². The molecular formula is C23H23ClN4O5S2. The lowest BCUT2D eigenvalue weighted by Gasteiger charge is -2.33. The summed E-state index contributed by atoms with van der Waals surface area (Å²) in [6, 6.07) is 10.1. The summed E-state index contributed by atoms with van der Waals surface area (Å²) in [5.41, 5.74) is 0.766. The molecule has 0 spiro atoms. The monoisotopic (exact) mass is 534 g/mol. The number of benzene rings is 2. The van der Waals surface area contributed by atoms with Crippen LogP contribution in [0.4, 0.5) is 0 Å². The first kappa shape index (κ1) is 24.1. The first-order chi connectivity index (χ1) is 16.7. The number of hydrogen-bond acceptors (Lipinski definition) is 7. The summed E-state index contributed by atoms with van der Waals surface area (Å²) in [6.07, 6.45) is 0.469. The molecule has 1 amide bonds. The molecule has 35 heavy (non-hydrogen) atoms. The van der Waals surface area contributed by atoms with Crippen LogP contribution in [-0.4, -0.2) is 71.8 Å². The van der Waals surface area contributed by atoms with Crippen molar-refractivity contribution in [2.45, 2.75) is 30.3 Å². The number of piperazine rings is 1. The Labute approximate surface area is 211 Å². The third-order valence-corrected chi connectivity index (χ3v) is 9.53. The van der Waals surface area contributed by atoms with Gasteiger partial charge < -0.3 is 15.3 Å². The number of carbonyl (C=O) groups excluding carboxylic acids is 1. The lowest BCUT2D eigenvalue weighted by molar-refractivity contribution is -0.137. The van der Waals surface area contributed by atoms with Gasteiger partial charge in [-0.3, -0.25) is 9.59 Å². The summed E-state index contributed by atoms with van der Waals surface area (Å²) in [5.74, 6) is -1.10. The van der Waals surface area contributed by atoms with Crippen LogP contribution >= 0.6 is 22.9 Å². The highest BCUT2D eigenvalue weighted by atomic mass is 35.5. The van der Waals surface area contributed by atoms with Gasteiger partial charge in [0.2, 0.25) is 10.0 Å². The number of fused-ring (bicyclic) bond motifs is 2. The normalized spacial score (nSPS) is 19.0. The molecule has 1 atom stereocenters. The lowest BCUT2D eigenvalue weighted by Crippen LogP contribution is -2.50. The zero-order valence-electron chi connectivity index (χ0n) is 18.6. The molecule has 2 aromatic carbocycles. The van der Waals surface area contributed by atoms with Crippen molar-refractivity contribution in [2.75, 3.05) is 26.2 Å². The molecule has 9 nitrogen and oxygen atoms in total. The predicted octanol–water partition coefficient (Wildman–Crippen LogP) is 2.59. The number of carboxylic acids is 1. The number of thiazole rings is 1. The second-order valence-corrected chi connectivity index (χ2v) is 12.1. The van der Waals surface area contributed by atoms with Gasteiger partial charge in [0.1, 0.15) is 0 Å². The van der Waals surface area contributed by atoms with E-state index < -0.39 is 16.0 Å². The Morgan fingerprint density at radius 1 is 1.11 bits per heavy atom. The molecule has 1 unspecified atom stereocenters. The number of aliphatic carboxylic acids is 1. The molecule has 2 aliphatic rings. The van der Waals surface area contributed by atoms with E-state index in [0.717, 1.165) is 21.3 Å². The average Bonchev–Trinajstić information content (AvgIpc) is 3.26. The van der Waals surface area contributed by atoms with Crippen LogP contribution in [0.25, 0.3) is 10.8 Å². The van der Waals surface area contributed by atoms with E-state index in [0.29, 0.717) is 23.0 Å². The molecular weight excluding hydrogens is 512 g/mol. The van der Waals surface area contributed by atoms with Crippen molar-refractivity contribution in [3.05, 3.63) is 57.0 Å². The van der Waals surface area contributed by atoms with Crippen molar-refractivity contribution in [3.63, 3.8) is 0 Å². The number of carbonyl (C=O) groups is 2. The Hall–Kier alpha value is -2.57. The molecule has 12 heteroatoms. The van der Waals surface area contributed by atoms with Crippen LogP contribution in [0.5, 0.6) is 0 Å². The standard InChI is InChI=1S/C23H23ClN4O5S2/c24-16-3-1-15-10-18(4-2-14(15)9-16)35(32,33)28-7-5-27(6-8-28)23(31)22-26-19-11-17(12-21(29)30)25-13-20(19)34-22/h1-4,9-10,17,25H,5-8,11-13H2,(H,29,30). The molecule has 0 bridgehead atoms. The molecule has 184 valence electrons. The highest BCUT2D eigenvalue weighted by Gasteiger charge is 2.32. The topological polar surface area (TPSA) is 120 Å². The van der Waals surface area contributed by atoms with Crippen molar-refractivity contribution >= 4 is 55.6 Å². The number of sulfonamides is 1. The fourth-order valence-corrected chi connectivity index (χ4v) is 7.09. The third-order valence-electron chi connectivity index (χ3n) is 6.31. The second kappa shape index (κ2) is 9.47. The molecule has 2 aliphatic heterocycles. The maximum Gasteiger partial charge on any atom is 0.304 e. The first-order valence-corrected chi connectivity index (χ1v) is 13.8. The van der Waals surface area contributed by atoms with Crippen LogP contribution in [-0.2, 0) is 27.8 Å². The van der Waals surface area contributed by atoms with Crippen molar-refractivity contribution in [3.8, 4) is 0 Å². The van der Waals surface area contributed by atoms with Gasteiger partial charge in [0, 0.05) is 55.1 Å². The van der Waals surface area contributed by atoms with Crippen LogP contribution in [0.2, 0.25) is 5.02 Å². The van der Waals surface area contributed by atoms with E-state index in [2.05, 4.69) is 10.3 Å². The molecule has 1 aromatic heterocycles. The largest absolute Gasteiger partial charge is 0.481 e. The van der Waals surface area contributed by atoms with Crippen molar-refractivity contribution in [2.24, 2.45) is 0 Å². The smallest absolute Gasteiger partial charge is 0.304 e. The van der Waals surface area contributed by atoms with Gasteiger partial charge in [0.05, 0.1) is 17.0 Å². The van der Waals surface area contributed by atoms with Gasteiger partial charge in [-0.2, -0.15) is 4.31 Å². The van der Waals surface area contributed by atoms with Gasteiger partial charge in [-0.05, 0) is 35.0 Å². The Morgan fingerprint density at radius 2 is 1.83 bits per heavy atom. The maximum absolute atomic E-state index is 13.2. The Morgan fingerprint density at radius 3 is 2.57 bits per heavy atom. The van der Waals surface area contributed by atoms with Gasteiger partial charge in [0.15, 0.2) is 5.01 Å². The van der Waals surface area contributed by atoms with E-state index in [1.807, 2.05) is 0 Å². The van der Waals surface area contributed by atoms with Gasteiger partial charge in [-0.15, -0.1) is 11.3 Å². The minimum atomic E-state index is -3.70. The van der Waals surface area contributed by atoms with Crippen LogP contribution in [0.15, 0.2) is 41.3 Å². The summed E-state index contributed by atoms with van der Waals surface area (Å²) in [6.45, 7) is 1.42. The Balaban J connectivity index is 1.25. The number of nitrogens with one attached hydrogen (secondary N) is 1. The fraction of sp³-hybridized carbons (Fsp3) is 0.348. The van der Waals surface area contributed by atoms with E-state index in [-0.39, 0.29) is 49.4 Å². The summed E-state index contributed by atoms with van der Waals surface area (Å²) in [5, 5.41) is 14.8. The van der Waals surface area contributed by atoms with E-state index in [1.165, 1.54) is 15.6 Å². The highest BCUT2D eigenvalue weighted by Crippen LogP contribution is 2.27. The number of rotatable bonds is 5. The number of amides is 1. The fourth-order valence-electron chi connectivity index (χ4n) is 4.44. The molecule has 1 fully saturated rings. The van der Waals surface area contributed by atoms with Crippen LogP contribution < -0.4 is 5.32 Å². The summed E-state index contributed by atoms with van der Waals surface area (Å²) in [7, 11) is -3.70. The molecule has 0 radical (unpaired) electrons. The van der Waals surface area contributed by atoms with Gasteiger partial charge in [0.25, 0.3) is 5.91 Å². The summed E-state index contributed by atoms with van der Waals surface area (Å²) < 4.78 is 27.8. The van der Waals surface area contributed by atoms with E-state index in [4.69, 9.17) is 16.7 Å². The number of halogens is 1. The van der Waals surface area contributed by atoms with Crippen molar-refractivity contribution in [1.82, 2.24) is 19.5 Å². The van der Waals surface area contributed by atoms with Gasteiger partial charge in [-0.1, -0.05) is 23.7 Å². The Bertz CT molecular complexity index is 1420. The predicted molar refractivity (Wildman–Crippen MR) is 132 cm³/mol. The van der Waals surface area contributed by atoms with Crippen molar-refractivity contribution in [1.29, 1.82) is 0 Å². The summed E-state index contributed by atoms with van der Waals surface area (Å²) in [4.78, 5) is 31.3. The van der Waals surface area contributed by atoms with Crippen LogP contribution in [0, 0.1) is 0 Å². The van der Waals surface area contributed by atoms with Crippen LogP contribution in [0.1, 0.15) is 26.8 Å². The minimum Gasteiger partial charge on any atom is -0.481 e. The average molecular weight is 535 g/mol. The number of carboxylic acid groups (broad SMARTS) is 1. The molecule has 3 heterocycles. The highest BCUT2D eigenvalue weighted by molar-refractivity contribution is 7.89. The van der Waals surface area contributed by atoms with E-state index >= 15 is 0 Å². The number of hydrogen-bond donors (Lipinski definition) is 2. The lowest BCUT2D eigenvalue weighted by atomic mass is 10.0. The molecule has 5 rings (SSSR count). The Kier molecular flexibility index (Phi) is 6.53. The van der Waals surface area contributed by atoms with E-state index in [1.54, 1.807) is 41.3 Å². The minimum absolute atomic E-state index is 0.00162. The zero-order valence-corrected chi connectivity index (χ0v) is 21.0. The SMILES string of the molecule is O=C(O)CC1Cc2nc(C(=O)N3CCN(S(=O)(=O)c4ccc5cc(Cl)ccc5c4)CC3)sc2CN1. The van der Waals surface area contributed by atoms with Crippen molar-refractivity contribution < 1.29 is 23.1 Å². The molecule has 0 aliphatic carbocycles. The molecule has 0 saturated carbocycles. The first-order valence-electron chi connectivity index (χ1n) is 11.1. The number of nitrogens with zero attached hydrogens (tertiary/aromatic N) is 3. The molecule has 1 saturated heterocycles. The zero-order chi connectivity index (χ0) is 24.7. The second-order valence-electron chi connectivity index (χ2n) is 8.62. The molecule has 3 aromatic rings. The quantitative estimate of drug-likeness (QED) is 0.516. The van der Waals surface area contributed by atoms with Gasteiger partial charge >= 0.3 is 5.97 Å². The van der Waals surface area contributed by atoms with E-state index in [9.17, 15) is 18.0 Å². The third kappa shape index (κ3) is 4.91. The molecule has 2 N–H and O–H groups in total. The van der Waals surface area contributed by atoms with Crippen LogP contribution in [0.3, 0.4) is 0 Å². The maximum atomic E-state index is 13.2.